The number of rotatable bonds is 7. The number of benzene rings is 1. The third-order valence-electron chi connectivity index (χ3n) is 3.99. The summed E-state index contributed by atoms with van der Waals surface area (Å²) in [5.41, 5.74) is 2.65. The van der Waals surface area contributed by atoms with E-state index in [0.717, 1.165) is 38.1 Å². The zero-order valence-electron chi connectivity index (χ0n) is 13.5. The van der Waals surface area contributed by atoms with Crippen LogP contribution in [-0.4, -0.2) is 39.2 Å². The van der Waals surface area contributed by atoms with Gasteiger partial charge in [-0.25, -0.2) is 0 Å². The van der Waals surface area contributed by atoms with Crippen molar-refractivity contribution in [1.29, 1.82) is 0 Å². The van der Waals surface area contributed by atoms with Gasteiger partial charge in [0.25, 0.3) is 0 Å². The lowest BCUT2D eigenvalue weighted by atomic mass is 10.2. The fourth-order valence-electron chi connectivity index (χ4n) is 2.46. The summed E-state index contributed by atoms with van der Waals surface area (Å²) in [6.45, 7) is 8.31. The number of anilines is 1. The second-order valence-electron chi connectivity index (χ2n) is 5.69. The molecule has 0 amide bonds. The van der Waals surface area contributed by atoms with Gasteiger partial charge in [0.2, 0.25) is 0 Å². The zero-order chi connectivity index (χ0) is 15.1. The SMILES string of the molecule is CCN(CCNC(=NC)NCC1CC1)c1ccccc1C. The maximum atomic E-state index is 4.28. The molecule has 4 nitrogen and oxygen atoms in total. The molecule has 0 unspecified atom stereocenters. The molecule has 1 aliphatic carbocycles. The number of hydrogen-bond acceptors (Lipinski definition) is 2. The van der Waals surface area contributed by atoms with Crippen molar-refractivity contribution in [2.75, 3.05) is 38.1 Å². The summed E-state index contributed by atoms with van der Waals surface area (Å²) in [5, 5.41) is 6.80. The first-order valence-corrected chi connectivity index (χ1v) is 7.99. The Hall–Kier alpha value is -1.71. The van der Waals surface area contributed by atoms with Gasteiger partial charge in [-0.05, 0) is 44.2 Å². The molecule has 0 aromatic heterocycles. The monoisotopic (exact) mass is 288 g/mol. The van der Waals surface area contributed by atoms with Gasteiger partial charge >= 0.3 is 0 Å². The number of nitrogens with one attached hydrogen (secondary N) is 2. The lowest BCUT2D eigenvalue weighted by Crippen LogP contribution is -2.42. The van der Waals surface area contributed by atoms with E-state index in [4.69, 9.17) is 0 Å². The van der Waals surface area contributed by atoms with Gasteiger partial charge in [0.1, 0.15) is 0 Å². The van der Waals surface area contributed by atoms with Gasteiger partial charge in [-0.1, -0.05) is 18.2 Å². The second-order valence-corrected chi connectivity index (χ2v) is 5.69. The molecule has 0 aliphatic heterocycles. The highest BCUT2D eigenvalue weighted by Gasteiger charge is 2.21. The van der Waals surface area contributed by atoms with E-state index < -0.39 is 0 Å². The molecule has 0 atom stereocenters. The maximum absolute atomic E-state index is 4.28. The highest BCUT2D eigenvalue weighted by atomic mass is 15.2. The fraction of sp³-hybridized carbons (Fsp3) is 0.588. The van der Waals surface area contributed by atoms with Crippen molar-refractivity contribution in [2.45, 2.75) is 26.7 Å². The average Bonchev–Trinajstić information content (AvgIpc) is 3.32. The van der Waals surface area contributed by atoms with Crippen LogP contribution >= 0.6 is 0 Å². The molecule has 2 N–H and O–H groups in total. The van der Waals surface area contributed by atoms with Crippen LogP contribution in [-0.2, 0) is 0 Å². The third-order valence-corrected chi connectivity index (χ3v) is 3.99. The Morgan fingerprint density at radius 2 is 2.05 bits per heavy atom. The summed E-state index contributed by atoms with van der Waals surface area (Å²) >= 11 is 0. The quantitative estimate of drug-likeness (QED) is 0.598. The van der Waals surface area contributed by atoms with Gasteiger partial charge in [-0.3, -0.25) is 4.99 Å². The van der Waals surface area contributed by atoms with E-state index >= 15 is 0 Å². The molecule has 4 heteroatoms. The number of hydrogen-bond donors (Lipinski definition) is 2. The van der Waals surface area contributed by atoms with Crippen LogP contribution in [0, 0.1) is 12.8 Å². The van der Waals surface area contributed by atoms with Crippen molar-refractivity contribution in [2.24, 2.45) is 10.9 Å². The van der Waals surface area contributed by atoms with Crippen LogP contribution in [0.3, 0.4) is 0 Å². The molecule has 0 radical (unpaired) electrons. The average molecular weight is 288 g/mol. The van der Waals surface area contributed by atoms with Gasteiger partial charge in [0, 0.05) is 38.9 Å². The molecule has 0 heterocycles. The van der Waals surface area contributed by atoms with Crippen LogP contribution < -0.4 is 15.5 Å². The second kappa shape index (κ2) is 7.91. The lowest BCUT2D eigenvalue weighted by molar-refractivity contribution is 0.720. The zero-order valence-corrected chi connectivity index (χ0v) is 13.5. The van der Waals surface area contributed by atoms with Crippen LogP contribution in [0.4, 0.5) is 5.69 Å². The molecule has 1 aromatic rings. The third kappa shape index (κ3) is 4.96. The Labute approximate surface area is 128 Å². The summed E-state index contributed by atoms with van der Waals surface area (Å²) in [4.78, 5) is 6.68. The lowest BCUT2D eigenvalue weighted by Gasteiger charge is -2.25. The molecule has 0 bridgehead atoms. The number of guanidine groups is 1. The highest BCUT2D eigenvalue weighted by Crippen LogP contribution is 2.27. The molecule has 1 saturated carbocycles. The normalized spacial score (nSPS) is 14.9. The van der Waals surface area contributed by atoms with E-state index in [0.29, 0.717) is 0 Å². The van der Waals surface area contributed by atoms with Crippen LogP contribution in [0.15, 0.2) is 29.3 Å². The molecule has 1 aliphatic rings. The molecular weight excluding hydrogens is 260 g/mol. The minimum atomic E-state index is 0.864. The predicted molar refractivity (Wildman–Crippen MR) is 91.2 cm³/mol. The summed E-state index contributed by atoms with van der Waals surface area (Å²) in [7, 11) is 1.83. The van der Waals surface area contributed by atoms with Gasteiger partial charge < -0.3 is 15.5 Å². The summed E-state index contributed by atoms with van der Waals surface area (Å²) in [6, 6.07) is 8.56. The highest BCUT2D eigenvalue weighted by molar-refractivity contribution is 5.79. The molecule has 0 spiro atoms. The molecule has 116 valence electrons. The van der Waals surface area contributed by atoms with E-state index in [1.165, 1.54) is 24.1 Å². The Morgan fingerprint density at radius 1 is 1.29 bits per heavy atom. The number of nitrogens with zero attached hydrogens (tertiary/aromatic N) is 2. The van der Waals surface area contributed by atoms with Crippen molar-refractivity contribution in [3.8, 4) is 0 Å². The van der Waals surface area contributed by atoms with Crippen LogP contribution in [0.2, 0.25) is 0 Å². The van der Waals surface area contributed by atoms with Gasteiger partial charge in [-0.2, -0.15) is 0 Å². The smallest absolute Gasteiger partial charge is 0.191 e. The molecule has 1 fully saturated rings. The largest absolute Gasteiger partial charge is 0.370 e. The first-order valence-electron chi connectivity index (χ1n) is 7.99. The maximum Gasteiger partial charge on any atom is 0.191 e. The Bertz CT molecular complexity index is 466. The summed E-state index contributed by atoms with van der Waals surface area (Å²) in [6.07, 6.45) is 2.72. The van der Waals surface area contributed by atoms with Crippen molar-refractivity contribution >= 4 is 11.6 Å². The van der Waals surface area contributed by atoms with Crippen molar-refractivity contribution in [1.82, 2.24) is 10.6 Å². The minimum absolute atomic E-state index is 0.864. The number of para-hydroxylation sites is 1. The molecule has 0 saturated heterocycles. The Kier molecular flexibility index (Phi) is 5.90. The number of aliphatic imine (C=N–C) groups is 1. The Balaban J connectivity index is 1.78. The van der Waals surface area contributed by atoms with Crippen molar-refractivity contribution in [3.05, 3.63) is 29.8 Å². The van der Waals surface area contributed by atoms with E-state index in [9.17, 15) is 0 Å². The summed E-state index contributed by atoms with van der Waals surface area (Å²) in [5.74, 6) is 1.78. The first kappa shape index (κ1) is 15.7. The van der Waals surface area contributed by atoms with Gasteiger partial charge in [0.05, 0.1) is 0 Å². The molecular formula is C17H28N4. The van der Waals surface area contributed by atoms with Crippen LogP contribution in [0.25, 0.3) is 0 Å². The van der Waals surface area contributed by atoms with Crippen LogP contribution in [0.5, 0.6) is 0 Å². The topological polar surface area (TPSA) is 39.7 Å². The Morgan fingerprint density at radius 3 is 2.67 bits per heavy atom. The van der Waals surface area contributed by atoms with E-state index in [2.05, 4.69) is 58.6 Å². The number of aryl methyl sites for hydroxylation is 1. The summed E-state index contributed by atoms with van der Waals surface area (Å²) < 4.78 is 0. The fourth-order valence-corrected chi connectivity index (χ4v) is 2.46. The molecule has 2 rings (SSSR count). The van der Waals surface area contributed by atoms with Crippen LogP contribution in [0.1, 0.15) is 25.3 Å². The first-order chi connectivity index (χ1) is 10.2. The van der Waals surface area contributed by atoms with Gasteiger partial charge in [0.15, 0.2) is 5.96 Å². The molecule has 1 aromatic carbocycles. The standard InChI is InChI=1S/C17H28N4/c1-4-21(16-8-6-5-7-14(16)2)12-11-19-17(18-3)20-13-15-9-10-15/h5-8,15H,4,9-13H2,1-3H3,(H2,18,19,20). The van der Waals surface area contributed by atoms with E-state index in [1.54, 1.807) is 0 Å². The van der Waals surface area contributed by atoms with E-state index in [-0.39, 0.29) is 0 Å². The van der Waals surface area contributed by atoms with Gasteiger partial charge in [-0.15, -0.1) is 0 Å². The van der Waals surface area contributed by atoms with Crippen molar-refractivity contribution < 1.29 is 0 Å². The van der Waals surface area contributed by atoms with E-state index in [1.807, 2.05) is 7.05 Å². The van der Waals surface area contributed by atoms with Crippen molar-refractivity contribution in [3.63, 3.8) is 0 Å². The predicted octanol–water partition coefficient (Wildman–Crippen LogP) is 2.40. The minimum Gasteiger partial charge on any atom is -0.370 e. The molecule has 21 heavy (non-hydrogen) atoms. The number of likely N-dealkylation sites (N-methyl/N-ethyl adjacent to an activating group) is 1.